The maximum absolute atomic E-state index is 6.15. The summed E-state index contributed by atoms with van der Waals surface area (Å²) in [5.74, 6) is 0. The number of rotatable bonds is 7. The van der Waals surface area contributed by atoms with Gasteiger partial charge in [0.15, 0.2) is 0 Å². The summed E-state index contributed by atoms with van der Waals surface area (Å²) >= 11 is 0. The third kappa shape index (κ3) is 5.34. The maximum Gasteiger partial charge on any atom is 0.0697 e. The molecule has 1 saturated carbocycles. The van der Waals surface area contributed by atoms with Crippen LogP contribution in [0.1, 0.15) is 71.6 Å². The molecular formula is C17H33NO2. The van der Waals surface area contributed by atoms with E-state index in [2.05, 4.69) is 19.2 Å². The summed E-state index contributed by atoms with van der Waals surface area (Å²) < 4.78 is 11.7. The van der Waals surface area contributed by atoms with E-state index in [1.807, 2.05) is 0 Å². The van der Waals surface area contributed by atoms with Crippen LogP contribution >= 0.6 is 0 Å². The zero-order valence-electron chi connectivity index (χ0n) is 13.5. The summed E-state index contributed by atoms with van der Waals surface area (Å²) in [6.07, 6.45) is 11.9. The smallest absolute Gasteiger partial charge is 0.0697 e. The third-order valence-corrected chi connectivity index (χ3v) is 4.71. The van der Waals surface area contributed by atoms with Gasteiger partial charge in [0.2, 0.25) is 0 Å². The van der Waals surface area contributed by atoms with Crippen molar-refractivity contribution in [2.45, 2.75) is 89.4 Å². The predicted molar refractivity (Wildman–Crippen MR) is 83.1 cm³/mol. The van der Waals surface area contributed by atoms with Crippen LogP contribution in [0.25, 0.3) is 0 Å². The first-order valence-electron chi connectivity index (χ1n) is 8.69. The van der Waals surface area contributed by atoms with Crippen LogP contribution in [0.5, 0.6) is 0 Å². The number of hydrogen-bond donors (Lipinski definition) is 1. The van der Waals surface area contributed by atoms with Crippen LogP contribution in [-0.2, 0) is 9.47 Å². The van der Waals surface area contributed by atoms with Crippen molar-refractivity contribution >= 4 is 0 Å². The normalized spacial score (nSPS) is 26.2. The van der Waals surface area contributed by atoms with Crippen LogP contribution in [0.3, 0.4) is 0 Å². The minimum absolute atomic E-state index is 0.231. The van der Waals surface area contributed by atoms with Crippen molar-refractivity contribution in [3.05, 3.63) is 0 Å². The minimum Gasteiger partial charge on any atom is -0.379 e. The van der Waals surface area contributed by atoms with E-state index in [0.29, 0.717) is 12.1 Å². The van der Waals surface area contributed by atoms with Crippen LogP contribution in [0.4, 0.5) is 0 Å². The van der Waals surface area contributed by atoms with E-state index >= 15 is 0 Å². The molecule has 0 aromatic rings. The molecule has 0 amide bonds. The van der Waals surface area contributed by atoms with Gasteiger partial charge in [0.1, 0.15) is 0 Å². The predicted octanol–water partition coefficient (Wildman–Crippen LogP) is 3.66. The van der Waals surface area contributed by atoms with Crippen molar-refractivity contribution in [3.8, 4) is 0 Å². The van der Waals surface area contributed by atoms with Gasteiger partial charge in [-0.2, -0.15) is 0 Å². The Bertz CT molecular complexity index is 256. The fourth-order valence-electron chi connectivity index (χ4n) is 3.60. The summed E-state index contributed by atoms with van der Waals surface area (Å²) in [7, 11) is 0. The second-order valence-electron chi connectivity index (χ2n) is 6.86. The summed E-state index contributed by atoms with van der Waals surface area (Å²) in [5.41, 5.74) is 0.231. The molecule has 2 rings (SSSR count). The number of ether oxygens (including phenoxy) is 2. The van der Waals surface area contributed by atoms with Gasteiger partial charge in [-0.1, -0.05) is 19.3 Å². The first kappa shape index (κ1) is 16.3. The number of unbranched alkanes of at least 4 members (excludes halogenated alkanes) is 1. The van der Waals surface area contributed by atoms with Crippen molar-refractivity contribution in [2.24, 2.45) is 0 Å². The van der Waals surface area contributed by atoms with Crippen molar-refractivity contribution in [1.82, 2.24) is 5.32 Å². The molecular weight excluding hydrogens is 250 g/mol. The molecule has 0 radical (unpaired) electrons. The Balaban J connectivity index is 1.58. The molecule has 2 aliphatic rings. The van der Waals surface area contributed by atoms with Crippen molar-refractivity contribution in [2.75, 3.05) is 19.8 Å². The summed E-state index contributed by atoms with van der Waals surface area (Å²) in [4.78, 5) is 0. The maximum atomic E-state index is 6.15. The van der Waals surface area contributed by atoms with Gasteiger partial charge in [-0.3, -0.25) is 0 Å². The lowest BCUT2D eigenvalue weighted by molar-refractivity contribution is -0.109. The van der Waals surface area contributed by atoms with E-state index in [1.165, 1.54) is 57.8 Å². The molecule has 1 spiro atoms. The standard InChI is InChI=1S/C17H33NO2/c1-15(2)19-12-7-6-11-18-16-8-13-20-17(14-16)9-4-3-5-10-17/h15-16,18H,3-14H2,1-2H3. The molecule has 0 aromatic carbocycles. The van der Waals surface area contributed by atoms with Crippen LogP contribution in [0, 0.1) is 0 Å². The molecule has 1 atom stereocenters. The van der Waals surface area contributed by atoms with E-state index < -0.39 is 0 Å². The summed E-state index contributed by atoms with van der Waals surface area (Å²) in [6.45, 7) is 7.18. The second kappa shape index (κ2) is 8.35. The van der Waals surface area contributed by atoms with E-state index in [4.69, 9.17) is 9.47 Å². The lowest BCUT2D eigenvalue weighted by atomic mass is 9.78. The highest BCUT2D eigenvalue weighted by atomic mass is 16.5. The van der Waals surface area contributed by atoms with Crippen LogP contribution in [0.15, 0.2) is 0 Å². The van der Waals surface area contributed by atoms with Gasteiger partial charge in [-0.25, -0.2) is 0 Å². The Morgan fingerprint density at radius 3 is 2.75 bits per heavy atom. The van der Waals surface area contributed by atoms with E-state index in [0.717, 1.165) is 19.8 Å². The molecule has 118 valence electrons. The van der Waals surface area contributed by atoms with Crippen LogP contribution in [0.2, 0.25) is 0 Å². The van der Waals surface area contributed by atoms with Gasteiger partial charge in [-0.05, 0) is 58.9 Å². The molecule has 2 fully saturated rings. The summed E-state index contributed by atoms with van der Waals surface area (Å²) in [6, 6.07) is 0.674. The number of nitrogens with one attached hydrogen (secondary N) is 1. The highest BCUT2D eigenvalue weighted by molar-refractivity contribution is 4.91. The van der Waals surface area contributed by atoms with Gasteiger partial charge in [-0.15, -0.1) is 0 Å². The Labute approximate surface area is 124 Å². The molecule has 0 aromatic heterocycles. The number of hydrogen-bond acceptors (Lipinski definition) is 3. The average molecular weight is 283 g/mol. The summed E-state index contributed by atoms with van der Waals surface area (Å²) in [5, 5.41) is 3.75. The Hall–Kier alpha value is -0.120. The highest BCUT2D eigenvalue weighted by Crippen LogP contribution is 2.38. The van der Waals surface area contributed by atoms with Gasteiger partial charge in [0.05, 0.1) is 11.7 Å². The molecule has 0 bridgehead atoms. The molecule has 3 heteroatoms. The van der Waals surface area contributed by atoms with Crippen molar-refractivity contribution in [3.63, 3.8) is 0 Å². The molecule has 1 aliphatic heterocycles. The van der Waals surface area contributed by atoms with E-state index in [9.17, 15) is 0 Å². The zero-order chi connectivity index (χ0) is 14.3. The Morgan fingerprint density at radius 1 is 1.20 bits per heavy atom. The average Bonchev–Trinajstić information content (AvgIpc) is 2.43. The minimum atomic E-state index is 0.231. The SMILES string of the molecule is CC(C)OCCCCNC1CCOC2(CCCCC2)C1. The molecule has 1 saturated heterocycles. The van der Waals surface area contributed by atoms with Gasteiger partial charge >= 0.3 is 0 Å². The van der Waals surface area contributed by atoms with Gasteiger partial charge in [0, 0.05) is 19.3 Å². The molecule has 1 heterocycles. The Morgan fingerprint density at radius 2 is 2.00 bits per heavy atom. The fraction of sp³-hybridized carbons (Fsp3) is 1.00. The van der Waals surface area contributed by atoms with Crippen LogP contribution in [-0.4, -0.2) is 37.5 Å². The third-order valence-electron chi connectivity index (χ3n) is 4.71. The Kier molecular flexibility index (Phi) is 6.79. The molecule has 1 unspecified atom stereocenters. The van der Waals surface area contributed by atoms with Gasteiger partial charge in [0.25, 0.3) is 0 Å². The molecule has 1 N–H and O–H groups in total. The zero-order valence-corrected chi connectivity index (χ0v) is 13.5. The molecule has 3 nitrogen and oxygen atoms in total. The second-order valence-corrected chi connectivity index (χ2v) is 6.86. The highest BCUT2D eigenvalue weighted by Gasteiger charge is 2.38. The largest absolute Gasteiger partial charge is 0.379 e. The van der Waals surface area contributed by atoms with Crippen LogP contribution < -0.4 is 5.32 Å². The quantitative estimate of drug-likeness (QED) is 0.723. The lowest BCUT2D eigenvalue weighted by Gasteiger charge is -2.43. The van der Waals surface area contributed by atoms with Gasteiger partial charge < -0.3 is 14.8 Å². The van der Waals surface area contributed by atoms with Crippen molar-refractivity contribution < 1.29 is 9.47 Å². The topological polar surface area (TPSA) is 30.5 Å². The van der Waals surface area contributed by atoms with E-state index in [-0.39, 0.29) is 5.60 Å². The lowest BCUT2D eigenvalue weighted by Crippen LogP contribution is -2.48. The fourth-order valence-corrected chi connectivity index (χ4v) is 3.60. The van der Waals surface area contributed by atoms with E-state index in [1.54, 1.807) is 0 Å². The molecule has 1 aliphatic carbocycles. The first-order valence-corrected chi connectivity index (χ1v) is 8.69. The van der Waals surface area contributed by atoms with Crippen molar-refractivity contribution in [1.29, 1.82) is 0 Å². The first-order chi connectivity index (χ1) is 9.70. The monoisotopic (exact) mass is 283 g/mol. The molecule has 20 heavy (non-hydrogen) atoms.